The summed E-state index contributed by atoms with van der Waals surface area (Å²) in [5.41, 5.74) is 2.03. The van der Waals surface area contributed by atoms with Gasteiger partial charge in [-0.3, -0.25) is 0 Å². The van der Waals surface area contributed by atoms with Crippen molar-refractivity contribution < 1.29 is 18.0 Å². The number of nitrogens with one attached hydrogen (secondary N) is 3. The fourth-order valence-corrected chi connectivity index (χ4v) is 5.21. The van der Waals surface area contributed by atoms with Crippen LogP contribution in [-0.4, -0.2) is 44.7 Å². The van der Waals surface area contributed by atoms with E-state index in [1.165, 1.54) is 6.07 Å². The van der Waals surface area contributed by atoms with E-state index in [1.54, 1.807) is 6.07 Å². The maximum atomic E-state index is 13.4. The van der Waals surface area contributed by atoms with Crippen molar-refractivity contribution in [3.63, 3.8) is 0 Å². The highest BCUT2D eigenvalue weighted by molar-refractivity contribution is 5.73. The van der Waals surface area contributed by atoms with Gasteiger partial charge in [-0.1, -0.05) is 30.3 Å². The number of hydrogen-bond acceptors (Lipinski definition) is 3. The standard InChI is InChI=1S/C25H31F3N4O/c1-32(2)11-10-29-24(33)30-15-16-12-19-20-14-18(25(26,27)28)8-9-22(20)31-23(21(19)13-16)17-6-4-3-5-7-17/h3-9,14,16,19,21,23,31H,10-13,15H2,1-2H3,(H2,29,30,33)/t16-,19+,21?,23-/m0/s1. The third kappa shape index (κ3) is 5.43. The van der Waals surface area contributed by atoms with Gasteiger partial charge in [-0.05, 0) is 74.0 Å². The summed E-state index contributed by atoms with van der Waals surface area (Å²) < 4.78 is 40.2. The summed E-state index contributed by atoms with van der Waals surface area (Å²) in [7, 11) is 3.89. The second kappa shape index (κ2) is 9.63. The summed E-state index contributed by atoms with van der Waals surface area (Å²) >= 11 is 0. The van der Waals surface area contributed by atoms with Gasteiger partial charge >= 0.3 is 12.2 Å². The van der Waals surface area contributed by atoms with E-state index < -0.39 is 11.7 Å². The van der Waals surface area contributed by atoms with Crippen molar-refractivity contribution >= 4 is 11.7 Å². The average Bonchev–Trinajstić information content (AvgIpc) is 3.21. The molecule has 1 fully saturated rings. The largest absolute Gasteiger partial charge is 0.416 e. The van der Waals surface area contributed by atoms with Crippen LogP contribution in [0.25, 0.3) is 0 Å². The minimum absolute atomic E-state index is 0.0114. The van der Waals surface area contributed by atoms with Crippen molar-refractivity contribution in [2.24, 2.45) is 11.8 Å². The minimum Gasteiger partial charge on any atom is -0.378 e. The SMILES string of the molecule is CN(C)CCNC(=O)NC[C@@H]1CC2[C@H](C1)c1cc(C(F)(F)F)ccc1N[C@H]2c1ccccc1. The Morgan fingerprint density at radius 1 is 1.09 bits per heavy atom. The highest BCUT2D eigenvalue weighted by Gasteiger charge is 2.45. The number of alkyl halides is 3. The van der Waals surface area contributed by atoms with Crippen LogP contribution in [0.1, 0.15) is 41.5 Å². The quantitative estimate of drug-likeness (QED) is 0.578. The Labute approximate surface area is 192 Å². The molecular weight excluding hydrogens is 429 g/mol. The molecule has 2 aromatic carbocycles. The van der Waals surface area contributed by atoms with Gasteiger partial charge in [-0.2, -0.15) is 13.2 Å². The summed E-state index contributed by atoms with van der Waals surface area (Å²) in [5, 5.41) is 9.31. The maximum absolute atomic E-state index is 13.4. The van der Waals surface area contributed by atoms with Crippen molar-refractivity contribution in [3.8, 4) is 0 Å². The molecule has 2 aromatic rings. The van der Waals surface area contributed by atoms with Crippen LogP contribution in [0.4, 0.5) is 23.7 Å². The molecule has 0 bridgehead atoms. The molecule has 33 heavy (non-hydrogen) atoms. The first-order valence-electron chi connectivity index (χ1n) is 11.4. The maximum Gasteiger partial charge on any atom is 0.416 e. The Bertz CT molecular complexity index is 964. The zero-order valence-electron chi connectivity index (χ0n) is 19.0. The Morgan fingerprint density at radius 2 is 1.85 bits per heavy atom. The van der Waals surface area contributed by atoms with E-state index in [4.69, 9.17) is 0 Å². The molecule has 0 radical (unpaired) electrons. The van der Waals surface area contributed by atoms with Crippen molar-refractivity contribution in [2.75, 3.05) is 39.0 Å². The van der Waals surface area contributed by atoms with Crippen molar-refractivity contribution in [1.29, 1.82) is 0 Å². The van der Waals surface area contributed by atoms with Crippen LogP contribution in [0.15, 0.2) is 48.5 Å². The van der Waals surface area contributed by atoms with E-state index in [0.717, 1.165) is 42.3 Å². The lowest BCUT2D eigenvalue weighted by Crippen LogP contribution is -2.40. The number of urea groups is 1. The van der Waals surface area contributed by atoms with Gasteiger partial charge in [0.25, 0.3) is 0 Å². The number of rotatable bonds is 6. The average molecular weight is 461 g/mol. The van der Waals surface area contributed by atoms with E-state index in [-0.39, 0.29) is 29.8 Å². The van der Waals surface area contributed by atoms with Crippen molar-refractivity contribution in [1.82, 2.24) is 15.5 Å². The number of carbonyl (C=O) groups is 1. The number of carbonyl (C=O) groups excluding carboxylic acids is 1. The monoisotopic (exact) mass is 460 g/mol. The van der Waals surface area contributed by atoms with Crippen LogP contribution in [0.3, 0.4) is 0 Å². The van der Waals surface area contributed by atoms with Crippen LogP contribution in [0.5, 0.6) is 0 Å². The molecule has 0 aromatic heterocycles. The van der Waals surface area contributed by atoms with E-state index in [0.29, 0.717) is 13.1 Å². The Hall–Kier alpha value is -2.74. The number of amides is 2. The fourth-order valence-electron chi connectivity index (χ4n) is 5.21. The molecule has 4 atom stereocenters. The fraction of sp³-hybridized carbons (Fsp3) is 0.480. The smallest absolute Gasteiger partial charge is 0.378 e. The van der Waals surface area contributed by atoms with E-state index >= 15 is 0 Å². The zero-order chi connectivity index (χ0) is 23.6. The van der Waals surface area contributed by atoms with Crippen molar-refractivity contribution in [2.45, 2.75) is 31.0 Å². The molecule has 8 heteroatoms. The van der Waals surface area contributed by atoms with Gasteiger partial charge in [0.15, 0.2) is 0 Å². The lowest BCUT2D eigenvalue weighted by molar-refractivity contribution is -0.137. The second-order valence-electron chi connectivity index (χ2n) is 9.38. The number of hydrogen-bond donors (Lipinski definition) is 3. The Balaban J connectivity index is 1.52. The number of fused-ring (bicyclic) bond motifs is 3. The van der Waals surface area contributed by atoms with Crippen LogP contribution in [0.2, 0.25) is 0 Å². The van der Waals surface area contributed by atoms with Gasteiger partial charge in [0, 0.05) is 25.3 Å². The van der Waals surface area contributed by atoms with Gasteiger partial charge in [-0.25, -0.2) is 4.79 Å². The summed E-state index contributed by atoms with van der Waals surface area (Å²) in [4.78, 5) is 14.1. The predicted octanol–water partition coefficient (Wildman–Crippen LogP) is 4.84. The molecule has 1 saturated carbocycles. The summed E-state index contributed by atoms with van der Waals surface area (Å²) in [5.74, 6) is 0.373. The van der Waals surface area contributed by atoms with Crippen LogP contribution in [0, 0.1) is 11.8 Å². The number of nitrogens with zero attached hydrogens (tertiary/aromatic N) is 1. The number of likely N-dealkylation sites (N-methyl/N-ethyl adjacent to an activating group) is 1. The normalized spacial score (nSPS) is 24.1. The predicted molar refractivity (Wildman–Crippen MR) is 123 cm³/mol. The second-order valence-corrected chi connectivity index (χ2v) is 9.38. The molecule has 5 nitrogen and oxygen atoms in total. The summed E-state index contributed by atoms with van der Waals surface area (Å²) in [6.07, 6.45) is -2.78. The van der Waals surface area contributed by atoms with Crippen molar-refractivity contribution in [3.05, 3.63) is 65.2 Å². The van der Waals surface area contributed by atoms with Gasteiger partial charge < -0.3 is 20.9 Å². The molecule has 1 aliphatic heterocycles. The highest BCUT2D eigenvalue weighted by Crippen LogP contribution is 2.55. The molecule has 0 spiro atoms. The van der Waals surface area contributed by atoms with Gasteiger partial charge in [0.1, 0.15) is 0 Å². The van der Waals surface area contributed by atoms with Crippen LogP contribution < -0.4 is 16.0 Å². The Morgan fingerprint density at radius 3 is 2.55 bits per heavy atom. The topological polar surface area (TPSA) is 56.4 Å². The van der Waals surface area contributed by atoms with Gasteiger partial charge in [0.2, 0.25) is 0 Å². The lowest BCUT2D eigenvalue weighted by atomic mass is 9.77. The molecule has 1 heterocycles. The molecule has 3 N–H and O–H groups in total. The molecule has 1 unspecified atom stereocenters. The Kier molecular flexibility index (Phi) is 6.83. The molecule has 1 aliphatic carbocycles. The van der Waals surface area contributed by atoms with Gasteiger partial charge in [0.05, 0.1) is 11.6 Å². The first-order valence-corrected chi connectivity index (χ1v) is 11.4. The van der Waals surface area contributed by atoms with E-state index in [2.05, 4.69) is 28.1 Å². The third-order valence-electron chi connectivity index (χ3n) is 6.78. The molecular formula is C25H31F3N4O. The van der Waals surface area contributed by atoms with Crippen LogP contribution in [-0.2, 0) is 6.18 Å². The number of halogens is 3. The molecule has 4 rings (SSSR count). The summed E-state index contributed by atoms with van der Waals surface area (Å²) in [6, 6.07) is 13.9. The zero-order valence-corrected chi connectivity index (χ0v) is 19.0. The number of benzene rings is 2. The van der Waals surface area contributed by atoms with E-state index in [9.17, 15) is 18.0 Å². The highest BCUT2D eigenvalue weighted by atomic mass is 19.4. The molecule has 2 aliphatic rings. The van der Waals surface area contributed by atoms with Crippen LogP contribution >= 0.6 is 0 Å². The first-order chi connectivity index (χ1) is 15.7. The van der Waals surface area contributed by atoms with Gasteiger partial charge in [-0.15, -0.1) is 0 Å². The first kappa shape index (κ1) is 23.4. The third-order valence-corrected chi connectivity index (χ3v) is 6.78. The molecule has 178 valence electrons. The lowest BCUT2D eigenvalue weighted by Gasteiger charge is -2.38. The molecule has 0 saturated heterocycles. The summed E-state index contributed by atoms with van der Waals surface area (Å²) in [6.45, 7) is 1.82. The molecule has 2 amide bonds. The minimum atomic E-state index is -4.37. The van der Waals surface area contributed by atoms with E-state index in [1.807, 2.05) is 37.2 Å². The number of anilines is 1.